The number of fused-ring (bicyclic) bond motifs is 20. The Morgan fingerprint density at radius 2 is 0.509 bits per heavy atom. The Kier molecular flexibility index (Phi) is 22.3. The van der Waals surface area contributed by atoms with Crippen LogP contribution < -0.4 is 0 Å². The number of carbonyl (C=O) groups is 4. The molecule has 0 radical (unpaired) electrons. The molecule has 12 saturated carbocycles. The number of rotatable bonds is 12. The molecule has 28 atom stereocenters. The number of Topliss-reactive ketones (excluding diaryl/α,β-unsaturated/α-hetero) is 4. The third-order valence-electron chi connectivity index (χ3n) is 36.7. The van der Waals surface area contributed by atoms with Crippen LogP contribution in [0.3, 0.4) is 0 Å². The Morgan fingerprint density at radius 3 is 0.698 bits per heavy atom. The molecule has 0 unspecified atom stereocenters. The van der Waals surface area contributed by atoms with E-state index < -0.39 is 22.4 Å². The van der Waals surface area contributed by atoms with E-state index in [0.29, 0.717) is 96.7 Å². The number of nitrogens with zero attached hydrogens (tertiary/aromatic N) is 8. The standard InChI is InChI=1S/4C25H36N2O2/c4*1-16-13-26-27(14-16)15-23(28)22-7-6-21-20-5-4-17-12-24(2,29)10-8-18(17)19(20)9-11-25(21,22)3/h4*4,13-14,18-22,29H,5-12,15H2,1-3H3/t4*18-,19+,20+,21-,22+,24+,25-/m0000/s1. The Morgan fingerprint density at radius 1 is 0.302 bits per heavy atom. The van der Waals surface area contributed by atoms with Gasteiger partial charge in [0, 0.05) is 48.5 Å². The summed E-state index contributed by atoms with van der Waals surface area (Å²) in [6.07, 6.45) is 60.4. The van der Waals surface area contributed by atoms with Crippen molar-refractivity contribution in [2.24, 2.45) is 140 Å². The van der Waals surface area contributed by atoms with Crippen molar-refractivity contribution >= 4 is 23.1 Å². The molecule has 116 heavy (non-hydrogen) atoms. The first kappa shape index (κ1) is 82.6. The van der Waals surface area contributed by atoms with Crippen molar-refractivity contribution in [2.75, 3.05) is 0 Å². The number of allylic oxidation sites excluding steroid dienone is 4. The van der Waals surface area contributed by atoms with Gasteiger partial charge in [-0.25, -0.2) is 0 Å². The summed E-state index contributed by atoms with van der Waals surface area (Å²) >= 11 is 0. The van der Waals surface area contributed by atoms with Gasteiger partial charge in [0.25, 0.3) is 0 Å². The fraction of sp³-hybridized carbons (Fsp3) is 0.760. The van der Waals surface area contributed by atoms with Gasteiger partial charge in [0.15, 0.2) is 23.1 Å². The lowest BCUT2D eigenvalue weighted by Gasteiger charge is -2.54. The molecule has 632 valence electrons. The van der Waals surface area contributed by atoms with E-state index in [2.05, 4.69) is 72.4 Å². The van der Waals surface area contributed by atoms with Crippen LogP contribution >= 0.6 is 0 Å². The molecule has 0 saturated heterocycles. The maximum Gasteiger partial charge on any atom is 0.157 e. The van der Waals surface area contributed by atoms with E-state index in [-0.39, 0.29) is 45.3 Å². The highest BCUT2D eigenvalue weighted by Gasteiger charge is 2.63. The molecule has 4 aromatic rings. The third-order valence-corrected chi connectivity index (χ3v) is 36.7. The van der Waals surface area contributed by atoms with Crippen LogP contribution in [0.15, 0.2) is 96.2 Å². The van der Waals surface area contributed by atoms with Crippen molar-refractivity contribution in [3.63, 3.8) is 0 Å². The van der Waals surface area contributed by atoms with Crippen molar-refractivity contribution in [3.05, 3.63) is 118 Å². The number of hydrogen-bond acceptors (Lipinski definition) is 12. The van der Waals surface area contributed by atoms with E-state index >= 15 is 0 Å². The fourth-order valence-electron chi connectivity index (χ4n) is 31.3. The SMILES string of the molecule is Cc1cnn(CC(=O)[C@H]2CC[C@H]3[C@@H]4CC=C5C[C@](C)(O)CC[C@@H]5[C@H]4CC[C@]23C)c1.Cc1cnn(CC(=O)[C@H]2CC[C@H]3[C@@H]4CC=C5C[C@](C)(O)CC[C@@H]5[C@H]4CC[C@]23C)c1.Cc1cnn(CC(=O)[C@H]2CC[C@H]3[C@@H]4CC=C5C[C@](C)(O)CC[C@@H]5[C@H]4CC[C@]23C)c1.Cc1cnn(CC(=O)[C@H]2CC[C@H]3[C@@H]4CC=C5C[C@](C)(O)CC[C@@H]5[C@H]4CC[C@]23C)c1. The molecule has 0 spiro atoms. The van der Waals surface area contributed by atoms with E-state index in [9.17, 15) is 39.6 Å². The normalized spacial score (nSPS) is 43.9. The summed E-state index contributed by atoms with van der Waals surface area (Å²) in [5.41, 5.74) is 9.21. The van der Waals surface area contributed by atoms with Gasteiger partial charge >= 0.3 is 0 Å². The molecule has 16 heteroatoms. The van der Waals surface area contributed by atoms with Crippen molar-refractivity contribution in [1.82, 2.24) is 39.1 Å². The molecule has 12 fully saturated rings. The summed E-state index contributed by atoms with van der Waals surface area (Å²) < 4.78 is 7.29. The van der Waals surface area contributed by atoms with Crippen LogP contribution in [0.4, 0.5) is 0 Å². The second-order valence-corrected chi connectivity index (χ2v) is 44.5. The van der Waals surface area contributed by atoms with Gasteiger partial charge in [-0.05, 0) is 399 Å². The molecule has 0 aliphatic heterocycles. The monoisotopic (exact) mass is 1590 g/mol. The second-order valence-electron chi connectivity index (χ2n) is 44.5. The Balaban J connectivity index is 0.000000111. The number of carbonyl (C=O) groups excluding carboxylic acids is 4. The minimum atomic E-state index is -0.506. The van der Waals surface area contributed by atoms with Crippen LogP contribution in [0.5, 0.6) is 0 Å². The van der Waals surface area contributed by atoms with E-state index in [1.165, 1.54) is 99.3 Å². The number of hydrogen-bond donors (Lipinski definition) is 4. The van der Waals surface area contributed by atoms with Crippen molar-refractivity contribution in [1.29, 1.82) is 0 Å². The fourth-order valence-corrected chi connectivity index (χ4v) is 31.3. The zero-order chi connectivity index (χ0) is 81.6. The average Bonchev–Trinajstić information content (AvgIpc) is 1.52. The highest BCUT2D eigenvalue weighted by Crippen LogP contribution is 2.69. The van der Waals surface area contributed by atoms with Crippen LogP contribution in [-0.2, 0) is 45.4 Å². The lowest BCUT2D eigenvalue weighted by atomic mass is 9.51. The van der Waals surface area contributed by atoms with Crippen molar-refractivity contribution in [3.8, 4) is 0 Å². The van der Waals surface area contributed by atoms with E-state index in [1.807, 2.05) is 124 Å². The maximum atomic E-state index is 13.2. The Labute approximate surface area is 693 Å². The molecule has 4 heterocycles. The number of aryl methyl sites for hydroxylation is 4. The summed E-state index contributed by atoms with van der Waals surface area (Å²) in [4.78, 5) is 53.0. The quantitative estimate of drug-likeness (QED) is 0.0973. The Hall–Kier alpha value is -5.68. The predicted octanol–water partition coefficient (Wildman–Crippen LogP) is 18.8. The zero-order valence-electron chi connectivity index (χ0n) is 72.9. The molecule has 16 nitrogen and oxygen atoms in total. The molecule has 0 amide bonds. The highest BCUT2D eigenvalue weighted by molar-refractivity contribution is 5.84. The average molecular weight is 1590 g/mol. The van der Waals surface area contributed by atoms with Gasteiger partial charge in [-0.1, -0.05) is 74.3 Å². The minimum Gasteiger partial charge on any atom is -0.390 e. The number of aliphatic hydroxyl groups is 4. The maximum absolute atomic E-state index is 13.2. The van der Waals surface area contributed by atoms with Gasteiger partial charge < -0.3 is 20.4 Å². The number of ketones is 4. The van der Waals surface area contributed by atoms with Crippen molar-refractivity contribution < 1.29 is 39.6 Å². The van der Waals surface area contributed by atoms with Gasteiger partial charge in [-0.15, -0.1) is 0 Å². The molecular formula is C100H144N8O8. The summed E-state index contributed by atoms with van der Waals surface area (Å²) in [6.45, 7) is 27.5. The number of aromatic nitrogens is 8. The summed E-state index contributed by atoms with van der Waals surface area (Å²) in [7, 11) is 0. The largest absolute Gasteiger partial charge is 0.390 e. The first-order valence-electron chi connectivity index (χ1n) is 46.8. The van der Waals surface area contributed by atoms with Crippen molar-refractivity contribution in [2.45, 2.75) is 337 Å². The molecule has 0 bridgehead atoms. The minimum absolute atomic E-state index is 0.159. The van der Waals surface area contributed by atoms with E-state index in [4.69, 9.17) is 0 Å². The summed E-state index contributed by atoms with van der Waals surface area (Å²) in [6, 6.07) is 0. The zero-order valence-corrected chi connectivity index (χ0v) is 72.9. The predicted molar refractivity (Wildman–Crippen MR) is 453 cm³/mol. The van der Waals surface area contributed by atoms with Gasteiger partial charge in [0.2, 0.25) is 0 Å². The highest BCUT2D eigenvalue weighted by atomic mass is 16.3. The van der Waals surface area contributed by atoms with Crippen LogP contribution in [0.2, 0.25) is 0 Å². The third kappa shape index (κ3) is 15.7. The van der Waals surface area contributed by atoms with Gasteiger partial charge in [0.1, 0.15) is 0 Å². The lowest BCUT2D eigenvalue weighted by molar-refractivity contribution is -0.130. The molecule has 4 N–H and O–H groups in total. The second kappa shape index (κ2) is 31.3. The van der Waals surface area contributed by atoms with E-state index in [0.717, 1.165) is 198 Å². The van der Waals surface area contributed by atoms with Crippen LogP contribution in [0.25, 0.3) is 0 Å². The van der Waals surface area contributed by atoms with Crippen LogP contribution in [0, 0.1) is 168 Å². The molecule has 16 aliphatic rings. The first-order chi connectivity index (χ1) is 55.1. The van der Waals surface area contributed by atoms with Gasteiger partial charge in [-0.2, -0.15) is 20.4 Å². The molecule has 0 aromatic carbocycles. The molecule has 20 rings (SSSR count). The Bertz CT molecular complexity index is 3900. The van der Waals surface area contributed by atoms with Crippen LogP contribution in [0.1, 0.15) is 283 Å². The summed E-state index contributed by atoms with van der Waals surface area (Å²) in [5, 5.41) is 59.5. The first-order valence-corrected chi connectivity index (χ1v) is 46.8. The topological polar surface area (TPSA) is 220 Å². The van der Waals surface area contributed by atoms with Crippen LogP contribution in [-0.4, -0.2) is 105 Å². The lowest BCUT2D eigenvalue weighted by Crippen LogP contribution is -2.48. The van der Waals surface area contributed by atoms with E-state index in [1.54, 1.807) is 0 Å². The summed E-state index contributed by atoms with van der Waals surface area (Å²) in [5.74, 6) is 13.7. The molecule has 16 aliphatic carbocycles. The van der Waals surface area contributed by atoms with Gasteiger partial charge in [0.05, 0.1) is 73.4 Å². The van der Waals surface area contributed by atoms with Gasteiger partial charge in [-0.3, -0.25) is 37.9 Å². The smallest absolute Gasteiger partial charge is 0.157 e. The molecule has 4 aromatic heterocycles. The molecular weight excluding hydrogens is 1440 g/mol.